The summed E-state index contributed by atoms with van der Waals surface area (Å²) in [4.78, 5) is 21.7. The molecule has 4 rings (SSSR count). The summed E-state index contributed by atoms with van der Waals surface area (Å²) in [5.74, 6) is 2.02. The average Bonchev–Trinajstić information content (AvgIpc) is 3.28. The molecule has 0 radical (unpaired) electrons. The number of aromatic nitrogens is 4. The Balaban J connectivity index is 1.46. The van der Waals surface area contributed by atoms with Crippen molar-refractivity contribution in [3.8, 4) is 28.5 Å². The number of nitrogens with one attached hydrogen (secondary N) is 1. The molecular weight excluding hydrogens is 422 g/mol. The molecule has 0 fully saturated rings. The van der Waals surface area contributed by atoms with Crippen LogP contribution in [0.1, 0.15) is 25.7 Å². The van der Waals surface area contributed by atoms with Crippen LogP contribution in [0.25, 0.3) is 16.9 Å². The van der Waals surface area contributed by atoms with Gasteiger partial charge in [-0.15, -0.1) is 5.10 Å². The molecule has 1 amide bonds. The summed E-state index contributed by atoms with van der Waals surface area (Å²) in [6, 6.07) is 16.2. The van der Waals surface area contributed by atoms with Crippen LogP contribution in [0.15, 0.2) is 60.9 Å². The van der Waals surface area contributed by atoms with Crippen LogP contribution in [-0.2, 0) is 4.79 Å². The van der Waals surface area contributed by atoms with Gasteiger partial charge in [0.05, 0.1) is 26.0 Å². The number of benzene rings is 2. The Bertz CT molecular complexity index is 1260. The lowest BCUT2D eigenvalue weighted by atomic mass is 10.1. The molecule has 9 heteroatoms. The van der Waals surface area contributed by atoms with E-state index in [0.717, 1.165) is 17.0 Å². The molecule has 2 atom stereocenters. The van der Waals surface area contributed by atoms with Gasteiger partial charge in [0, 0.05) is 11.6 Å². The molecule has 0 saturated carbocycles. The molecule has 0 bridgehead atoms. The van der Waals surface area contributed by atoms with Crippen LogP contribution in [-0.4, -0.2) is 45.8 Å². The van der Waals surface area contributed by atoms with Gasteiger partial charge in [0.1, 0.15) is 12.1 Å². The lowest BCUT2D eigenvalue weighted by molar-refractivity contribution is -0.128. The second kappa shape index (κ2) is 9.56. The third-order valence-corrected chi connectivity index (χ3v) is 5.12. The van der Waals surface area contributed by atoms with Crippen molar-refractivity contribution < 1.29 is 19.0 Å². The molecule has 0 unspecified atom stereocenters. The van der Waals surface area contributed by atoms with E-state index in [-0.39, 0.29) is 5.91 Å². The average molecular weight is 447 g/mol. The van der Waals surface area contributed by atoms with Gasteiger partial charge in [-0.05, 0) is 50.2 Å². The Hall–Kier alpha value is -4.14. The zero-order valence-corrected chi connectivity index (χ0v) is 18.9. The maximum atomic E-state index is 12.7. The predicted octanol–water partition coefficient (Wildman–Crippen LogP) is 3.45. The number of ether oxygens (including phenoxy) is 3. The van der Waals surface area contributed by atoms with E-state index in [9.17, 15) is 4.79 Å². The van der Waals surface area contributed by atoms with Crippen molar-refractivity contribution in [1.29, 1.82) is 0 Å². The van der Waals surface area contributed by atoms with Crippen molar-refractivity contribution in [3.63, 3.8) is 0 Å². The van der Waals surface area contributed by atoms with Gasteiger partial charge >= 0.3 is 0 Å². The van der Waals surface area contributed by atoms with Crippen LogP contribution >= 0.6 is 0 Å². The van der Waals surface area contributed by atoms with Crippen LogP contribution < -0.4 is 19.5 Å². The molecule has 33 heavy (non-hydrogen) atoms. The van der Waals surface area contributed by atoms with Crippen molar-refractivity contribution in [3.05, 3.63) is 66.7 Å². The van der Waals surface area contributed by atoms with Crippen LogP contribution in [0.5, 0.6) is 17.2 Å². The van der Waals surface area contributed by atoms with Crippen LogP contribution in [0, 0.1) is 0 Å². The first kappa shape index (κ1) is 22.1. The fourth-order valence-corrected chi connectivity index (χ4v) is 3.27. The number of nitrogens with zero attached hydrogens (tertiary/aromatic N) is 4. The monoisotopic (exact) mass is 447 g/mol. The fourth-order valence-electron chi connectivity index (χ4n) is 3.27. The first-order valence-corrected chi connectivity index (χ1v) is 10.4. The van der Waals surface area contributed by atoms with Crippen LogP contribution in [0.4, 0.5) is 0 Å². The Kier molecular flexibility index (Phi) is 6.39. The summed E-state index contributed by atoms with van der Waals surface area (Å²) < 4.78 is 17.8. The topological polar surface area (TPSA) is 99.9 Å². The Morgan fingerprint density at radius 2 is 1.73 bits per heavy atom. The summed E-state index contributed by atoms with van der Waals surface area (Å²) >= 11 is 0. The highest BCUT2D eigenvalue weighted by molar-refractivity contribution is 5.81. The van der Waals surface area contributed by atoms with Gasteiger partial charge in [-0.2, -0.15) is 0 Å². The first-order chi connectivity index (χ1) is 16.0. The van der Waals surface area contributed by atoms with Crippen molar-refractivity contribution >= 4 is 11.6 Å². The van der Waals surface area contributed by atoms with E-state index in [1.807, 2.05) is 49.4 Å². The standard InChI is InChI=1S/C24H25N5O4/c1-15(26-24(30)16(2)33-21-8-6-5-7-20(21)32-4)23-27-22-13-19(25-14-29(22)28-23)17-9-11-18(31-3)12-10-17/h5-16H,1-4H3,(H,26,30)/t15-,16+/m1/s1. The zero-order chi connectivity index (χ0) is 23.4. The third-order valence-electron chi connectivity index (χ3n) is 5.12. The maximum absolute atomic E-state index is 12.7. The van der Waals surface area contributed by atoms with Crippen molar-refractivity contribution in [2.45, 2.75) is 26.0 Å². The number of rotatable bonds is 8. The molecule has 2 aromatic heterocycles. The van der Waals surface area contributed by atoms with E-state index in [1.165, 1.54) is 0 Å². The molecule has 0 aliphatic carbocycles. The number of amides is 1. The van der Waals surface area contributed by atoms with E-state index < -0.39 is 12.1 Å². The summed E-state index contributed by atoms with van der Waals surface area (Å²) in [7, 11) is 3.18. The van der Waals surface area contributed by atoms with E-state index in [2.05, 4.69) is 20.4 Å². The quantitative estimate of drug-likeness (QED) is 0.442. The molecule has 9 nitrogen and oxygen atoms in total. The first-order valence-electron chi connectivity index (χ1n) is 10.4. The molecule has 1 N–H and O–H groups in total. The smallest absolute Gasteiger partial charge is 0.261 e. The van der Waals surface area contributed by atoms with E-state index in [1.54, 1.807) is 44.1 Å². The maximum Gasteiger partial charge on any atom is 0.261 e. The fraction of sp³-hybridized carbons (Fsp3) is 0.250. The molecule has 4 aromatic rings. The summed E-state index contributed by atoms with van der Waals surface area (Å²) in [6.07, 6.45) is 0.872. The summed E-state index contributed by atoms with van der Waals surface area (Å²) in [5.41, 5.74) is 2.33. The molecule has 2 heterocycles. The number of carbonyl (C=O) groups is 1. The lowest BCUT2D eigenvalue weighted by Gasteiger charge is -2.18. The Morgan fingerprint density at radius 3 is 2.42 bits per heavy atom. The number of carbonyl (C=O) groups excluding carboxylic acids is 1. The molecule has 0 aliphatic rings. The number of methoxy groups -OCH3 is 2. The van der Waals surface area contributed by atoms with Crippen molar-refractivity contribution in [1.82, 2.24) is 24.9 Å². The van der Waals surface area contributed by atoms with E-state index in [4.69, 9.17) is 14.2 Å². The molecule has 2 aromatic carbocycles. The second-order valence-electron chi connectivity index (χ2n) is 7.42. The van der Waals surface area contributed by atoms with Gasteiger partial charge in [-0.1, -0.05) is 12.1 Å². The Morgan fingerprint density at radius 1 is 1.00 bits per heavy atom. The van der Waals surface area contributed by atoms with Gasteiger partial charge in [0.25, 0.3) is 5.91 Å². The number of fused-ring (bicyclic) bond motifs is 1. The predicted molar refractivity (Wildman–Crippen MR) is 122 cm³/mol. The highest BCUT2D eigenvalue weighted by Crippen LogP contribution is 2.27. The van der Waals surface area contributed by atoms with Crippen molar-refractivity contribution in [2.75, 3.05) is 14.2 Å². The zero-order valence-electron chi connectivity index (χ0n) is 18.9. The number of para-hydroxylation sites is 2. The van der Waals surface area contributed by atoms with Crippen LogP contribution in [0.2, 0.25) is 0 Å². The van der Waals surface area contributed by atoms with Crippen molar-refractivity contribution in [2.24, 2.45) is 0 Å². The minimum Gasteiger partial charge on any atom is -0.497 e. The normalized spacial score (nSPS) is 12.7. The van der Waals surface area contributed by atoms with Gasteiger partial charge in [-0.3, -0.25) is 4.79 Å². The van der Waals surface area contributed by atoms with Gasteiger partial charge in [0.2, 0.25) is 0 Å². The molecular formula is C24H25N5O4. The minimum atomic E-state index is -0.732. The number of hydrogen-bond acceptors (Lipinski definition) is 7. The number of hydrogen-bond donors (Lipinski definition) is 1. The van der Waals surface area contributed by atoms with Crippen LogP contribution in [0.3, 0.4) is 0 Å². The van der Waals surface area contributed by atoms with Gasteiger partial charge in [0.15, 0.2) is 29.1 Å². The largest absolute Gasteiger partial charge is 0.497 e. The Labute approximate surface area is 191 Å². The molecule has 0 aliphatic heterocycles. The third kappa shape index (κ3) is 4.87. The molecule has 170 valence electrons. The SMILES string of the molecule is COc1ccc(-c2cc3nc([C@@H](C)NC(=O)[C@H](C)Oc4ccccc4OC)nn3cn2)cc1. The van der Waals surface area contributed by atoms with Gasteiger partial charge < -0.3 is 19.5 Å². The molecule has 0 spiro atoms. The van der Waals surface area contributed by atoms with Gasteiger partial charge in [-0.25, -0.2) is 14.5 Å². The van der Waals surface area contributed by atoms with E-state index >= 15 is 0 Å². The highest BCUT2D eigenvalue weighted by atomic mass is 16.5. The van der Waals surface area contributed by atoms with E-state index in [0.29, 0.717) is 23.0 Å². The summed E-state index contributed by atoms with van der Waals surface area (Å²) in [6.45, 7) is 3.50. The summed E-state index contributed by atoms with van der Waals surface area (Å²) in [5, 5.41) is 7.34. The highest BCUT2D eigenvalue weighted by Gasteiger charge is 2.21. The minimum absolute atomic E-state index is 0.288. The molecule has 0 saturated heterocycles. The lowest BCUT2D eigenvalue weighted by Crippen LogP contribution is -2.38. The second-order valence-corrected chi connectivity index (χ2v) is 7.42.